The lowest BCUT2D eigenvalue weighted by Gasteiger charge is -2.35. The lowest BCUT2D eigenvalue weighted by molar-refractivity contribution is 0.150. The molecular weight excluding hydrogens is 190 g/mol. The van der Waals surface area contributed by atoms with Crippen LogP contribution in [0.15, 0.2) is 0 Å². The Morgan fingerprint density at radius 1 is 1.33 bits per heavy atom. The Hall–Kier alpha value is -0.770. The second-order valence-electron chi connectivity index (χ2n) is 4.62. The molecule has 1 saturated heterocycles. The average molecular weight is 211 g/mol. The molecule has 0 bridgehead atoms. The third-order valence-electron chi connectivity index (χ3n) is 3.23. The van der Waals surface area contributed by atoms with E-state index >= 15 is 0 Å². The summed E-state index contributed by atoms with van der Waals surface area (Å²) in [4.78, 5) is 13.9. The van der Waals surface area contributed by atoms with Crippen LogP contribution in [0, 0.1) is 0 Å². The summed E-state index contributed by atoms with van der Waals surface area (Å²) in [5.74, 6) is 0. The molecular formula is C11H21N3O. The number of likely N-dealkylation sites (N-methyl/N-ethyl adjacent to an activating group) is 1. The van der Waals surface area contributed by atoms with Crippen LogP contribution < -0.4 is 10.6 Å². The zero-order chi connectivity index (χ0) is 10.7. The van der Waals surface area contributed by atoms with Gasteiger partial charge in [0.15, 0.2) is 0 Å². The van der Waals surface area contributed by atoms with Gasteiger partial charge in [-0.25, -0.2) is 4.79 Å². The minimum absolute atomic E-state index is 0.150. The first-order valence-corrected chi connectivity index (χ1v) is 6.03. The van der Waals surface area contributed by atoms with E-state index in [9.17, 15) is 4.79 Å². The van der Waals surface area contributed by atoms with E-state index in [0.717, 1.165) is 38.8 Å². The van der Waals surface area contributed by atoms with E-state index in [4.69, 9.17) is 0 Å². The van der Waals surface area contributed by atoms with E-state index in [2.05, 4.69) is 10.6 Å². The van der Waals surface area contributed by atoms with Crippen molar-refractivity contribution in [1.82, 2.24) is 15.5 Å². The van der Waals surface area contributed by atoms with Gasteiger partial charge in [0.2, 0.25) is 0 Å². The molecule has 1 aliphatic heterocycles. The summed E-state index contributed by atoms with van der Waals surface area (Å²) in [6.45, 7) is 1.84. The van der Waals surface area contributed by atoms with Gasteiger partial charge in [0, 0.05) is 25.2 Å². The van der Waals surface area contributed by atoms with Gasteiger partial charge in [0.1, 0.15) is 0 Å². The van der Waals surface area contributed by atoms with Crippen LogP contribution in [0.5, 0.6) is 0 Å². The average Bonchev–Trinajstić information content (AvgIpc) is 3.03. The molecule has 2 aliphatic rings. The highest BCUT2D eigenvalue weighted by atomic mass is 16.2. The summed E-state index contributed by atoms with van der Waals surface area (Å²) in [5, 5.41) is 6.24. The third-order valence-corrected chi connectivity index (χ3v) is 3.23. The monoisotopic (exact) mass is 211 g/mol. The van der Waals surface area contributed by atoms with Crippen molar-refractivity contribution in [2.24, 2.45) is 0 Å². The highest BCUT2D eigenvalue weighted by Gasteiger charge is 2.30. The van der Waals surface area contributed by atoms with Gasteiger partial charge in [0.05, 0.1) is 0 Å². The number of nitrogens with one attached hydrogen (secondary N) is 2. The number of rotatable bonds is 3. The molecule has 1 unspecified atom stereocenters. The minimum atomic E-state index is 0.150. The van der Waals surface area contributed by atoms with Crippen LogP contribution in [0.3, 0.4) is 0 Å². The van der Waals surface area contributed by atoms with Crippen LogP contribution in [0.2, 0.25) is 0 Å². The summed E-state index contributed by atoms with van der Waals surface area (Å²) in [5.41, 5.74) is 0. The van der Waals surface area contributed by atoms with Crippen LogP contribution in [-0.4, -0.2) is 43.2 Å². The highest BCUT2D eigenvalue weighted by Crippen LogP contribution is 2.21. The predicted octanol–water partition coefficient (Wildman–Crippen LogP) is 0.932. The normalized spacial score (nSPS) is 26.5. The molecule has 86 valence electrons. The molecule has 0 radical (unpaired) electrons. The first kappa shape index (κ1) is 10.7. The molecule has 1 aliphatic carbocycles. The first-order valence-electron chi connectivity index (χ1n) is 6.03. The molecule has 0 aromatic rings. The molecule has 0 spiro atoms. The summed E-state index contributed by atoms with van der Waals surface area (Å²) >= 11 is 0. The maximum Gasteiger partial charge on any atom is 0.317 e. The quantitative estimate of drug-likeness (QED) is 0.729. The lowest BCUT2D eigenvalue weighted by Crippen LogP contribution is -2.52. The molecule has 1 heterocycles. The van der Waals surface area contributed by atoms with E-state index in [-0.39, 0.29) is 6.03 Å². The number of urea groups is 1. The van der Waals surface area contributed by atoms with Crippen molar-refractivity contribution in [3.63, 3.8) is 0 Å². The van der Waals surface area contributed by atoms with Gasteiger partial charge in [-0.1, -0.05) is 0 Å². The number of carbonyl (C=O) groups is 1. The Labute approximate surface area is 91.4 Å². The number of amides is 2. The van der Waals surface area contributed by atoms with Gasteiger partial charge >= 0.3 is 6.03 Å². The van der Waals surface area contributed by atoms with Crippen molar-refractivity contribution >= 4 is 6.03 Å². The molecule has 4 nitrogen and oxygen atoms in total. The van der Waals surface area contributed by atoms with Gasteiger partial charge in [-0.15, -0.1) is 0 Å². The molecule has 2 N–H and O–H groups in total. The van der Waals surface area contributed by atoms with Crippen LogP contribution in [0.4, 0.5) is 4.79 Å². The fourth-order valence-electron chi connectivity index (χ4n) is 2.20. The summed E-state index contributed by atoms with van der Waals surface area (Å²) < 4.78 is 0. The molecule has 2 fully saturated rings. The van der Waals surface area contributed by atoms with E-state index in [1.165, 1.54) is 6.42 Å². The summed E-state index contributed by atoms with van der Waals surface area (Å²) in [6.07, 6.45) is 5.86. The van der Waals surface area contributed by atoms with Gasteiger partial charge in [-0.3, -0.25) is 0 Å². The van der Waals surface area contributed by atoms with Crippen LogP contribution in [-0.2, 0) is 0 Å². The molecule has 4 heteroatoms. The largest absolute Gasteiger partial charge is 0.335 e. The van der Waals surface area contributed by atoms with Crippen molar-refractivity contribution in [2.45, 2.75) is 44.2 Å². The van der Waals surface area contributed by atoms with E-state index < -0.39 is 0 Å². The van der Waals surface area contributed by atoms with E-state index in [1.807, 2.05) is 11.9 Å². The van der Waals surface area contributed by atoms with Crippen molar-refractivity contribution in [2.75, 3.05) is 20.1 Å². The predicted molar refractivity (Wildman–Crippen MR) is 59.8 cm³/mol. The number of hydrogen-bond donors (Lipinski definition) is 2. The topological polar surface area (TPSA) is 44.4 Å². The summed E-state index contributed by atoms with van der Waals surface area (Å²) in [7, 11) is 1.95. The second kappa shape index (κ2) is 4.84. The number of likely N-dealkylation sites (tertiary alicyclic amines) is 1. The smallest absolute Gasteiger partial charge is 0.317 e. The van der Waals surface area contributed by atoms with Crippen molar-refractivity contribution in [1.29, 1.82) is 0 Å². The van der Waals surface area contributed by atoms with Crippen LogP contribution >= 0.6 is 0 Å². The maximum atomic E-state index is 11.9. The lowest BCUT2D eigenvalue weighted by atomic mass is 10.0. The molecule has 1 saturated carbocycles. The highest BCUT2D eigenvalue weighted by molar-refractivity contribution is 5.75. The zero-order valence-corrected chi connectivity index (χ0v) is 9.46. The fraction of sp³-hybridized carbons (Fsp3) is 0.909. The van der Waals surface area contributed by atoms with Crippen LogP contribution in [0.25, 0.3) is 0 Å². The Kier molecular flexibility index (Phi) is 3.46. The van der Waals surface area contributed by atoms with E-state index in [0.29, 0.717) is 12.1 Å². The van der Waals surface area contributed by atoms with Crippen molar-refractivity contribution < 1.29 is 4.79 Å². The molecule has 2 rings (SSSR count). The van der Waals surface area contributed by atoms with E-state index in [1.54, 1.807) is 0 Å². The van der Waals surface area contributed by atoms with Gasteiger partial charge < -0.3 is 15.5 Å². The van der Waals surface area contributed by atoms with Gasteiger partial charge in [-0.2, -0.15) is 0 Å². The molecule has 0 aromatic carbocycles. The Balaban J connectivity index is 1.87. The Morgan fingerprint density at radius 3 is 2.80 bits per heavy atom. The molecule has 1 atom stereocenters. The minimum Gasteiger partial charge on any atom is -0.335 e. The number of carbonyl (C=O) groups excluding carboxylic acids is 1. The number of nitrogens with zero attached hydrogens (tertiary/aromatic N) is 1. The molecule has 0 aromatic heterocycles. The SMILES string of the molecule is CNCC1CCCCN1C(=O)NC1CC1. The third kappa shape index (κ3) is 2.84. The Bertz CT molecular complexity index is 226. The number of piperidine rings is 1. The van der Waals surface area contributed by atoms with Crippen molar-refractivity contribution in [3.05, 3.63) is 0 Å². The zero-order valence-electron chi connectivity index (χ0n) is 9.46. The van der Waals surface area contributed by atoms with Gasteiger partial charge in [0.25, 0.3) is 0 Å². The summed E-state index contributed by atoms with van der Waals surface area (Å²) in [6, 6.07) is 1.01. The fourth-order valence-corrected chi connectivity index (χ4v) is 2.20. The number of hydrogen-bond acceptors (Lipinski definition) is 2. The second-order valence-corrected chi connectivity index (χ2v) is 4.62. The maximum absolute atomic E-state index is 11.9. The Morgan fingerprint density at radius 2 is 2.13 bits per heavy atom. The standard InChI is InChI=1S/C11H21N3O/c1-12-8-10-4-2-3-7-14(10)11(15)13-9-5-6-9/h9-10,12H,2-8H2,1H3,(H,13,15). The van der Waals surface area contributed by atoms with Gasteiger partial charge in [-0.05, 0) is 39.2 Å². The first-order chi connectivity index (χ1) is 7.31. The van der Waals surface area contributed by atoms with Crippen molar-refractivity contribution in [3.8, 4) is 0 Å². The molecule has 2 amide bonds. The van der Waals surface area contributed by atoms with Crippen LogP contribution in [0.1, 0.15) is 32.1 Å². The molecule has 15 heavy (non-hydrogen) atoms.